The predicted molar refractivity (Wildman–Crippen MR) is 123 cm³/mol. The van der Waals surface area contributed by atoms with E-state index in [0.717, 1.165) is 40.8 Å². The molecule has 0 radical (unpaired) electrons. The van der Waals surface area contributed by atoms with E-state index in [1.165, 1.54) is 0 Å². The van der Waals surface area contributed by atoms with E-state index in [0.29, 0.717) is 24.4 Å². The number of aromatic nitrogens is 3. The number of aryl methyl sites for hydroxylation is 1. The summed E-state index contributed by atoms with van der Waals surface area (Å²) in [5.74, 6) is -0.0305. The third-order valence-corrected chi connectivity index (χ3v) is 5.92. The molecule has 2 aromatic heterocycles. The van der Waals surface area contributed by atoms with E-state index in [9.17, 15) is 4.79 Å². The van der Waals surface area contributed by atoms with Crippen LogP contribution >= 0.6 is 11.6 Å². The number of fused-ring (bicyclic) bond motifs is 1. The second-order valence-electron chi connectivity index (χ2n) is 7.68. The SMILES string of the molecule is Cc1cc(C(=O)N2CCN(c3ccccc3Cl)CC2)n2nc(-c3ccccc3)cc2n1. The molecule has 6 nitrogen and oxygen atoms in total. The zero-order chi connectivity index (χ0) is 21.4. The molecule has 0 atom stereocenters. The van der Waals surface area contributed by atoms with Crippen molar-refractivity contribution >= 4 is 28.8 Å². The van der Waals surface area contributed by atoms with Crippen LogP contribution < -0.4 is 4.90 Å². The molecule has 31 heavy (non-hydrogen) atoms. The number of carbonyl (C=O) groups excluding carboxylic acids is 1. The standard InChI is InChI=1S/C24H22ClN5O/c1-17-15-22(30-23(26-17)16-20(27-30)18-7-3-2-4-8-18)24(31)29-13-11-28(12-14-29)21-10-6-5-9-19(21)25/h2-10,15-16H,11-14H2,1H3. The van der Waals surface area contributed by atoms with Gasteiger partial charge in [-0.1, -0.05) is 54.1 Å². The van der Waals surface area contributed by atoms with Crippen molar-refractivity contribution in [3.8, 4) is 11.3 Å². The molecule has 0 saturated carbocycles. The monoisotopic (exact) mass is 431 g/mol. The number of para-hydroxylation sites is 1. The summed E-state index contributed by atoms with van der Waals surface area (Å²) in [6, 6.07) is 21.5. The fourth-order valence-electron chi connectivity index (χ4n) is 4.02. The molecule has 156 valence electrons. The van der Waals surface area contributed by atoms with Crippen molar-refractivity contribution in [1.29, 1.82) is 0 Å². The van der Waals surface area contributed by atoms with Crippen LogP contribution in [-0.4, -0.2) is 51.6 Å². The van der Waals surface area contributed by atoms with E-state index < -0.39 is 0 Å². The van der Waals surface area contributed by atoms with Crippen LogP contribution in [-0.2, 0) is 0 Å². The molecule has 1 fully saturated rings. The van der Waals surface area contributed by atoms with Crippen LogP contribution in [0.15, 0.2) is 66.7 Å². The van der Waals surface area contributed by atoms with Gasteiger partial charge in [0.2, 0.25) is 0 Å². The summed E-state index contributed by atoms with van der Waals surface area (Å²) in [5.41, 5.74) is 4.82. The van der Waals surface area contributed by atoms with Crippen LogP contribution in [0.1, 0.15) is 16.2 Å². The van der Waals surface area contributed by atoms with E-state index >= 15 is 0 Å². The summed E-state index contributed by atoms with van der Waals surface area (Å²) in [6.45, 7) is 4.62. The minimum atomic E-state index is -0.0305. The van der Waals surface area contributed by atoms with Crippen LogP contribution in [0.25, 0.3) is 16.9 Å². The van der Waals surface area contributed by atoms with Gasteiger partial charge in [0.1, 0.15) is 5.69 Å². The number of carbonyl (C=O) groups is 1. The molecule has 5 rings (SSSR count). The van der Waals surface area contributed by atoms with Crippen LogP contribution in [0.5, 0.6) is 0 Å². The number of rotatable bonds is 3. The van der Waals surface area contributed by atoms with Crippen LogP contribution in [0, 0.1) is 6.92 Å². The molecular weight excluding hydrogens is 410 g/mol. The van der Waals surface area contributed by atoms with Gasteiger partial charge in [-0.25, -0.2) is 9.50 Å². The summed E-state index contributed by atoms with van der Waals surface area (Å²) in [6.07, 6.45) is 0. The molecule has 4 aromatic rings. The number of amides is 1. The van der Waals surface area contributed by atoms with Gasteiger partial charge in [-0.15, -0.1) is 0 Å². The zero-order valence-corrected chi connectivity index (χ0v) is 18.0. The molecule has 0 spiro atoms. The maximum atomic E-state index is 13.4. The van der Waals surface area contributed by atoms with E-state index in [1.54, 1.807) is 4.52 Å². The average molecular weight is 432 g/mol. The topological polar surface area (TPSA) is 53.7 Å². The van der Waals surface area contributed by atoms with Crippen molar-refractivity contribution in [3.63, 3.8) is 0 Å². The molecule has 1 aliphatic rings. The maximum Gasteiger partial charge on any atom is 0.272 e. The Morgan fingerprint density at radius 3 is 2.39 bits per heavy atom. The lowest BCUT2D eigenvalue weighted by Crippen LogP contribution is -2.49. The zero-order valence-electron chi connectivity index (χ0n) is 17.2. The first kappa shape index (κ1) is 19.6. The lowest BCUT2D eigenvalue weighted by Gasteiger charge is -2.36. The first-order chi connectivity index (χ1) is 15.1. The molecule has 3 heterocycles. The number of hydrogen-bond acceptors (Lipinski definition) is 4. The molecule has 2 aromatic carbocycles. The third kappa shape index (κ3) is 3.75. The average Bonchev–Trinajstić information content (AvgIpc) is 3.23. The number of piperazine rings is 1. The third-order valence-electron chi connectivity index (χ3n) is 5.60. The van der Waals surface area contributed by atoms with Gasteiger partial charge >= 0.3 is 0 Å². The summed E-state index contributed by atoms with van der Waals surface area (Å²) in [7, 11) is 0. The molecular formula is C24H22ClN5O. The maximum absolute atomic E-state index is 13.4. The summed E-state index contributed by atoms with van der Waals surface area (Å²) < 4.78 is 1.66. The minimum absolute atomic E-state index is 0.0305. The molecule has 0 unspecified atom stereocenters. The Labute approximate surface area is 185 Å². The summed E-state index contributed by atoms with van der Waals surface area (Å²) in [5, 5.41) is 5.43. The Hall–Kier alpha value is -3.38. The van der Waals surface area contributed by atoms with Crippen LogP contribution in [0.4, 0.5) is 5.69 Å². The van der Waals surface area contributed by atoms with Gasteiger partial charge in [0.15, 0.2) is 5.65 Å². The number of nitrogens with zero attached hydrogens (tertiary/aromatic N) is 5. The van der Waals surface area contributed by atoms with Crippen molar-refractivity contribution in [2.24, 2.45) is 0 Å². The van der Waals surface area contributed by atoms with Gasteiger partial charge in [0.05, 0.1) is 16.4 Å². The van der Waals surface area contributed by atoms with Crippen LogP contribution in [0.3, 0.4) is 0 Å². The molecule has 0 bridgehead atoms. The molecule has 7 heteroatoms. The number of halogens is 1. The molecule has 0 N–H and O–H groups in total. The first-order valence-corrected chi connectivity index (χ1v) is 10.7. The van der Waals surface area contributed by atoms with Crippen LogP contribution in [0.2, 0.25) is 5.02 Å². The second kappa shape index (κ2) is 8.04. The van der Waals surface area contributed by atoms with Gasteiger partial charge in [0, 0.05) is 43.5 Å². The Morgan fingerprint density at radius 1 is 0.935 bits per heavy atom. The highest BCUT2D eigenvalue weighted by molar-refractivity contribution is 6.33. The van der Waals surface area contributed by atoms with E-state index in [4.69, 9.17) is 16.7 Å². The Morgan fingerprint density at radius 2 is 1.65 bits per heavy atom. The summed E-state index contributed by atoms with van der Waals surface area (Å²) >= 11 is 6.35. The Kier molecular flexibility index (Phi) is 5.08. The second-order valence-corrected chi connectivity index (χ2v) is 8.09. The van der Waals surface area contributed by atoms with Gasteiger partial charge in [-0.3, -0.25) is 4.79 Å². The predicted octanol–water partition coefficient (Wildman–Crippen LogP) is 4.32. The summed E-state index contributed by atoms with van der Waals surface area (Å²) in [4.78, 5) is 22.1. The highest BCUT2D eigenvalue weighted by atomic mass is 35.5. The van der Waals surface area contributed by atoms with E-state index in [1.807, 2.05) is 78.6 Å². The van der Waals surface area contributed by atoms with Crippen molar-refractivity contribution in [2.75, 3.05) is 31.1 Å². The lowest BCUT2D eigenvalue weighted by atomic mass is 10.2. The van der Waals surface area contributed by atoms with Gasteiger partial charge in [-0.05, 0) is 25.1 Å². The largest absolute Gasteiger partial charge is 0.367 e. The highest BCUT2D eigenvalue weighted by Gasteiger charge is 2.25. The number of benzene rings is 2. The lowest BCUT2D eigenvalue weighted by molar-refractivity contribution is 0.0737. The molecule has 1 saturated heterocycles. The fraction of sp³-hybridized carbons (Fsp3) is 0.208. The molecule has 0 aliphatic carbocycles. The Bertz CT molecular complexity index is 1250. The number of hydrogen-bond donors (Lipinski definition) is 0. The smallest absolute Gasteiger partial charge is 0.272 e. The van der Waals surface area contributed by atoms with E-state index in [2.05, 4.69) is 9.88 Å². The minimum Gasteiger partial charge on any atom is -0.367 e. The molecule has 1 amide bonds. The van der Waals surface area contributed by atoms with Gasteiger partial charge < -0.3 is 9.80 Å². The fourth-order valence-corrected chi connectivity index (χ4v) is 4.28. The quantitative estimate of drug-likeness (QED) is 0.484. The normalized spacial score (nSPS) is 14.3. The van der Waals surface area contributed by atoms with Crippen molar-refractivity contribution in [3.05, 3.63) is 83.1 Å². The van der Waals surface area contributed by atoms with Crippen molar-refractivity contribution in [1.82, 2.24) is 19.5 Å². The first-order valence-electron chi connectivity index (χ1n) is 10.3. The van der Waals surface area contributed by atoms with E-state index in [-0.39, 0.29) is 5.91 Å². The Balaban J connectivity index is 1.41. The van der Waals surface area contributed by atoms with Crippen molar-refractivity contribution < 1.29 is 4.79 Å². The molecule has 1 aliphatic heterocycles. The van der Waals surface area contributed by atoms with Gasteiger partial charge in [0.25, 0.3) is 5.91 Å². The number of anilines is 1. The van der Waals surface area contributed by atoms with Gasteiger partial charge in [-0.2, -0.15) is 5.10 Å². The highest BCUT2D eigenvalue weighted by Crippen LogP contribution is 2.26. The van der Waals surface area contributed by atoms with Crippen molar-refractivity contribution in [2.45, 2.75) is 6.92 Å².